The fourth-order valence-electron chi connectivity index (χ4n) is 2.48. The van der Waals surface area contributed by atoms with Crippen molar-refractivity contribution in [2.45, 2.75) is 33.2 Å². The number of halogens is 1. The highest BCUT2D eigenvalue weighted by atomic mass is 35.5. The Bertz CT molecular complexity index is 498. The number of benzene rings is 1. The van der Waals surface area contributed by atoms with Gasteiger partial charge in [-0.1, -0.05) is 24.6 Å². The van der Waals surface area contributed by atoms with Crippen LogP contribution in [0.1, 0.15) is 25.8 Å². The van der Waals surface area contributed by atoms with E-state index in [1.807, 2.05) is 6.07 Å². The lowest BCUT2D eigenvalue weighted by Gasteiger charge is -2.38. The smallest absolute Gasteiger partial charge is 0.169 e. The summed E-state index contributed by atoms with van der Waals surface area (Å²) < 4.78 is 0. The Morgan fingerprint density at radius 3 is 2.62 bits per heavy atom. The van der Waals surface area contributed by atoms with Crippen molar-refractivity contribution < 1.29 is 0 Å². The number of hydrogen-bond donors (Lipinski definition) is 1. The molecule has 0 spiro atoms. The highest BCUT2D eigenvalue weighted by molar-refractivity contribution is 7.80. The summed E-state index contributed by atoms with van der Waals surface area (Å²) in [4.78, 5) is 4.65. The number of thiocarbonyl (C=S) groups is 1. The maximum Gasteiger partial charge on any atom is 0.169 e. The summed E-state index contributed by atoms with van der Waals surface area (Å²) in [6.07, 6.45) is 1.09. The molecule has 1 aromatic carbocycles. The van der Waals surface area contributed by atoms with E-state index >= 15 is 0 Å². The number of aryl methyl sites for hydroxylation is 1. The van der Waals surface area contributed by atoms with Crippen LogP contribution in [0.2, 0.25) is 5.02 Å². The first-order chi connectivity index (χ1) is 10.0. The van der Waals surface area contributed by atoms with Gasteiger partial charge in [0.15, 0.2) is 5.11 Å². The standard InChI is InChI=1S/C16H24ClN3S/c1-4-13(3)18-16(21)20-9-7-19(8-10-20)15-11-14(17)6-5-12(15)2/h5-6,11,13H,4,7-10H2,1-3H3,(H,18,21). The normalized spacial score (nSPS) is 16.8. The molecule has 0 radical (unpaired) electrons. The molecular weight excluding hydrogens is 302 g/mol. The molecule has 116 valence electrons. The zero-order valence-electron chi connectivity index (χ0n) is 13.0. The first-order valence-corrected chi connectivity index (χ1v) is 8.36. The molecule has 0 aromatic heterocycles. The summed E-state index contributed by atoms with van der Waals surface area (Å²) in [5, 5.41) is 5.07. The Kier molecular flexibility index (Phi) is 5.71. The van der Waals surface area contributed by atoms with Gasteiger partial charge in [-0.3, -0.25) is 0 Å². The largest absolute Gasteiger partial charge is 0.368 e. The number of hydrogen-bond acceptors (Lipinski definition) is 2. The molecule has 3 nitrogen and oxygen atoms in total. The monoisotopic (exact) mass is 325 g/mol. The number of rotatable bonds is 3. The van der Waals surface area contributed by atoms with E-state index in [9.17, 15) is 0 Å². The summed E-state index contributed by atoms with van der Waals surface area (Å²) in [5.74, 6) is 0. The molecule has 21 heavy (non-hydrogen) atoms. The molecule has 0 saturated carbocycles. The van der Waals surface area contributed by atoms with Gasteiger partial charge < -0.3 is 15.1 Å². The minimum Gasteiger partial charge on any atom is -0.368 e. The van der Waals surface area contributed by atoms with E-state index in [1.165, 1.54) is 11.3 Å². The highest BCUT2D eigenvalue weighted by Crippen LogP contribution is 2.25. The first kappa shape index (κ1) is 16.4. The van der Waals surface area contributed by atoms with Gasteiger partial charge in [0, 0.05) is 42.9 Å². The average Bonchev–Trinajstić information content (AvgIpc) is 2.49. The van der Waals surface area contributed by atoms with Crippen LogP contribution in [0.3, 0.4) is 0 Å². The molecule has 1 atom stereocenters. The summed E-state index contributed by atoms with van der Waals surface area (Å²) in [6, 6.07) is 6.52. The summed E-state index contributed by atoms with van der Waals surface area (Å²) in [6.45, 7) is 10.3. The van der Waals surface area contributed by atoms with Gasteiger partial charge in [0.2, 0.25) is 0 Å². The molecule has 1 N–H and O–H groups in total. The molecule has 5 heteroatoms. The Hall–Kier alpha value is -1.00. The Labute approximate surface area is 138 Å². The van der Waals surface area contributed by atoms with Crippen LogP contribution in [0.4, 0.5) is 5.69 Å². The van der Waals surface area contributed by atoms with Crippen molar-refractivity contribution in [3.63, 3.8) is 0 Å². The molecule has 0 aliphatic carbocycles. The van der Waals surface area contributed by atoms with Gasteiger partial charge in [0.1, 0.15) is 0 Å². The predicted octanol–water partition coefficient (Wildman–Crippen LogP) is 3.44. The van der Waals surface area contributed by atoms with Gasteiger partial charge in [-0.15, -0.1) is 0 Å². The highest BCUT2D eigenvalue weighted by Gasteiger charge is 2.20. The van der Waals surface area contributed by atoms with Gasteiger partial charge in [-0.25, -0.2) is 0 Å². The predicted molar refractivity (Wildman–Crippen MR) is 95.5 cm³/mol. The van der Waals surface area contributed by atoms with Crippen molar-refractivity contribution in [3.8, 4) is 0 Å². The van der Waals surface area contributed by atoms with Crippen LogP contribution in [0, 0.1) is 6.92 Å². The van der Waals surface area contributed by atoms with Gasteiger partial charge in [-0.2, -0.15) is 0 Å². The van der Waals surface area contributed by atoms with Crippen molar-refractivity contribution in [1.82, 2.24) is 10.2 Å². The molecule has 1 aliphatic rings. The fraction of sp³-hybridized carbons (Fsp3) is 0.562. The second-order valence-corrected chi connectivity index (χ2v) is 6.49. The molecule has 2 rings (SSSR count). The van der Waals surface area contributed by atoms with Crippen LogP contribution >= 0.6 is 23.8 Å². The second kappa shape index (κ2) is 7.32. The Morgan fingerprint density at radius 1 is 1.33 bits per heavy atom. The molecule has 1 heterocycles. The number of piperazine rings is 1. The Balaban J connectivity index is 1.94. The quantitative estimate of drug-likeness (QED) is 0.858. The molecular formula is C16H24ClN3S. The molecule has 0 amide bonds. The number of anilines is 1. The van der Waals surface area contributed by atoms with Crippen molar-refractivity contribution in [2.75, 3.05) is 31.1 Å². The average molecular weight is 326 g/mol. The third kappa shape index (κ3) is 4.24. The van der Waals surface area contributed by atoms with Crippen LogP contribution in [-0.4, -0.2) is 42.2 Å². The van der Waals surface area contributed by atoms with Crippen LogP contribution in [-0.2, 0) is 0 Å². The van der Waals surface area contributed by atoms with Crippen molar-refractivity contribution in [3.05, 3.63) is 28.8 Å². The lowest BCUT2D eigenvalue weighted by atomic mass is 10.1. The zero-order chi connectivity index (χ0) is 15.4. The van der Waals surface area contributed by atoms with Crippen LogP contribution in [0.5, 0.6) is 0 Å². The second-order valence-electron chi connectivity index (χ2n) is 5.66. The van der Waals surface area contributed by atoms with E-state index in [-0.39, 0.29) is 0 Å². The number of nitrogens with zero attached hydrogens (tertiary/aromatic N) is 2. The molecule has 1 fully saturated rings. The van der Waals surface area contributed by atoms with Crippen LogP contribution in [0.15, 0.2) is 18.2 Å². The maximum absolute atomic E-state index is 6.12. The summed E-state index contributed by atoms with van der Waals surface area (Å²) in [5.41, 5.74) is 2.51. The molecule has 1 saturated heterocycles. The van der Waals surface area contributed by atoms with Crippen molar-refractivity contribution in [1.29, 1.82) is 0 Å². The van der Waals surface area contributed by atoms with E-state index < -0.39 is 0 Å². The van der Waals surface area contributed by atoms with Gasteiger partial charge in [0.05, 0.1) is 0 Å². The SMILES string of the molecule is CCC(C)NC(=S)N1CCN(c2cc(Cl)ccc2C)CC1. The molecule has 1 aliphatic heterocycles. The topological polar surface area (TPSA) is 18.5 Å². The van der Waals surface area contributed by atoms with E-state index in [1.54, 1.807) is 0 Å². The third-order valence-corrected chi connectivity index (χ3v) is 4.67. The first-order valence-electron chi connectivity index (χ1n) is 7.57. The Morgan fingerprint density at radius 2 is 2.00 bits per heavy atom. The minimum atomic E-state index is 0.436. The summed E-state index contributed by atoms with van der Waals surface area (Å²) >= 11 is 11.6. The third-order valence-electron chi connectivity index (χ3n) is 4.06. The minimum absolute atomic E-state index is 0.436. The van der Waals surface area contributed by atoms with Crippen molar-refractivity contribution >= 4 is 34.6 Å². The lowest BCUT2D eigenvalue weighted by Crippen LogP contribution is -2.53. The van der Waals surface area contributed by atoms with Crippen LogP contribution < -0.4 is 10.2 Å². The molecule has 0 bridgehead atoms. The van der Waals surface area contributed by atoms with Gasteiger partial charge in [0.25, 0.3) is 0 Å². The van der Waals surface area contributed by atoms with E-state index in [0.717, 1.165) is 42.7 Å². The van der Waals surface area contributed by atoms with Gasteiger partial charge in [-0.05, 0) is 50.2 Å². The van der Waals surface area contributed by atoms with Crippen molar-refractivity contribution in [2.24, 2.45) is 0 Å². The maximum atomic E-state index is 6.12. The molecule has 1 aromatic rings. The van der Waals surface area contributed by atoms with E-state index in [4.69, 9.17) is 23.8 Å². The van der Waals surface area contributed by atoms with E-state index in [2.05, 4.69) is 48.0 Å². The number of nitrogens with one attached hydrogen (secondary N) is 1. The fourth-order valence-corrected chi connectivity index (χ4v) is 3.03. The van der Waals surface area contributed by atoms with Gasteiger partial charge >= 0.3 is 0 Å². The lowest BCUT2D eigenvalue weighted by molar-refractivity contribution is 0.375. The zero-order valence-corrected chi connectivity index (χ0v) is 14.6. The molecule has 1 unspecified atom stereocenters. The van der Waals surface area contributed by atoms with E-state index in [0.29, 0.717) is 6.04 Å². The van der Waals surface area contributed by atoms with Crippen LogP contribution in [0.25, 0.3) is 0 Å². The summed E-state index contributed by atoms with van der Waals surface area (Å²) in [7, 11) is 0.